The fourth-order valence-corrected chi connectivity index (χ4v) is 8.25. The number of aliphatic hydroxyl groups excluding tert-OH is 2. The Labute approximate surface area is 373 Å². The SMILES string of the molecule is CCCCCCCCC/C=C/C=C/CCCCCC(=O)OC(CCCCCCCCCCCCCC)CC(=O)NC(CO)C(O)CCCCCCCCCCCCCCC. The summed E-state index contributed by atoms with van der Waals surface area (Å²) in [6, 6.07) is -0.701. The van der Waals surface area contributed by atoms with Gasteiger partial charge < -0.3 is 20.3 Å². The molecule has 0 heterocycles. The van der Waals surface area contributed by atoms with E-state index in [4.69, 9.17) is 4.74 Å². The molecule has 60 heavy (non-hydrogen) atoms. The maximum Gasteiger partial charge on any atom is 0.306 e. The number of aliphatic hydroxyl groups is 2. The second-order valence-electron chi connectivity index (χ2n) is 18.3. The Balaban J connectivity index is 4.56. The van der Waals surface area contributed by atoms with Crippen molar-refractivity contribution < 1.29 is 24.5 Å². The topological polar surface area (TPSA) is 95.9 Å². The molecule has 0 aliphatic carbocycles. The highest BCUT2D eigenvalue weighted by molar-refractivity contribution is 5.77. The number of hydrogen-bond donors (Lipinski definition) is 3. The maximum atomic E-state index is 13.2. The third kappa shape index (κ3) is 43.0. The van der Waals surface area contributed by atoms with Crippen molar-refractivity contribution in [1.82, 2.24) is 5.32 Å². The van der Waals surface area contributed by atoms with Gasteiger partial charge in [-0.3, -0.25) is 9.59 Å². The van der Waals surface area contributed by atoms with Crippen LogP contribution in [0, 0.1) is 0 Å². The highest BCUT2D eigenvalue weighted by atomic mass is 16.5. The molecule has 0 saturated heterocycles. The van der Waals surface area contributed by atoms with E-state index >= 15 is 0 Å². The van der Waals surface area contributed by atoms with E-state index in [1.165, 1.54) is 180 Å². The number of amides is 1. The molecule has 3 N–H and O–H groups in total. The van der Waals surface area contributed by atoms with Gasteiger partial charge in [-0.05, 0) is 51.4 Å². The zero-order chi connectivity index (χ0) is 43.8. The molecule has 1 amide bonds. The summed E-state index contributed by atoms with van der Waals surface area (Å²) in [6.45, 7) is 6.49. The first kappa shape index (κ1) is 58.3. The van der Waals surface area contributed by atoms with Gasteiger partial charge in [0.05, 0.1) is 25.2 Å². The number of esters is 1. The normalized spacial score (nSPS) is 13.3. The van der Waals surface area contributed by atoms with Gasteiger partial charge >= 0.3 is 5.97 Å². The number of hydrogen-bond acceptors (Lipinski definition) is 5. The van der Waals surface area contributed by atoms with Gasteiger partial charge in [-0.15, -0.1) is 0 Å². The van der Waals surface area contributed by atoms with Crippen LogP contribution in [0.3, 0.4) is 0 Å². The summed E-state index contributed by atoms with van der Waals surface area (Å²) in [5.41, 5.74) is 0. The summed E-state index contributed by atoms with van der Waals surface area (Å²) < 4.78 is 5.93. The van der Waals surface area contributed by atoms with E-state index in [-0.39, 0.29) is 24.9 Å². The Morgan fingerprint density at radius 3 is 1.23 bits per heavy atom. The molecule has 3 atom stereocenters. The quantitative estimate of drug-likeness (QED) is 0.0322. The van der Waals surface area contributed by atoms with Gasteiger partial charge in [0.25, 0.3) is 0 Å². The van der Waals surface area contributed by atoms with Gasteiger partial charge in [0.1, 0.15) is 6.10 Å². The van der Waals surface area contributed by atoms with E-state index in [0.717, 1.165) is 57.8 Å². The minimum Gasteiger partial charge on any atom is -0.462 e. The molecule has 0 aromatic carbocycles. The predicted octanol–water partition coefficient (Wildman–Crippen LogP) is 15.9. The number of nitrogens with one attached hydrogen (secondary N) is 1. The lowest BCUT2D eigenvalue weighted by molar-refractivity contribution is -0.151. The molecule has 6 heteroatoms. The lowest BCUT2D eigenvalue weighted by Crippen LogP contribution is -2.46. The van der Waals surface area contributed by atoms with Gasteiger partial charge in [0.2, 0.25) is 5.91 Å². The Hall–Kier alpha value is -1.66. The highest BCUT2D eigenvalue weighted by Crippen LogP contribution is 2.18. The van der Waals surface area contributed by atoms with Crippen LogP contribution in [0.1, 0.15) is 284 Å². The average molecular weight is 846 g/mol. The Morgan fingerprint density at radius 2 is 0.833 bits per heavy atom. The minimum absolute atomic E-state index is 0.0724. The number of ether oxygens (including phenoxy) is 1. The molecule has 0 aromatic rings. The third-order valence-electron chi connectivity index (χ3n) is 12.3. The van der Waals surface area contributed by atoms with E-state index in [1.54, 1.807) is 0 Å². The second kappa shape index (κ2) is 48.4. The maximum absolute atomic E-state index is 13.2. The molecular weight excluding hydrogens is 743 g/mol. The van der Waals surface area contributed by atoms with E-state index in [2.05, 4.69) is 50.4 Å². The van der Waals surface area contributed by atoms with Gasteiger partial charge in [-0.25, -0.2) is 0 Å². The summed E-state index contributed by atoms with van der Waals surface area (Å²) in [5.74, 6) is -0.491. The van der Waals surface area contributed by atoms with Crippen LogP contribution in [0.15, 0.2) is 24.3 Å². The molecule has 0 aliphatic rings. The first-order chi connectivity index (χ1) is 29.5. The average Bonchev–Trinajstić information content (AvgIpc) is 3.24. The Bertz CT molecular complexity index is 950. The Kier molecular flexibility index (Phi) is 47.0. The lowest BCUT2D eigenvalue weighted by Gasteiger charge is -2.24. The van der Waals surface area contributed by atoms with Crippen molar-refractivity contribution in [2.45, 2.75) is 302 Å². The third-order valence-corrected chi connectivity index (χ3v) is 12.3. The molecule has 0 aromatic heterocycles. The zero-order valence-electron chi connectivity index (χ0n) is 40.4. The molecule has 3 unspecified atom stereocenters. The molecule has 0 rings (SSSR count). The van der Waals surface area contributed by atoms with Crippen LogP contribution < -0.4 is 5.32 Å². The minimum atomic E-state index is -0.787. The summed E-state index contributed by atoms with van der Waals surface area (Å²) in [6.07, 6.45) is 55.2. The van der Waals surface area contributed by atoms with Gasteiger partial charge in [0.15, 0.2) is 0 Å². The molecule has 0 spiro atoms. The van der Waals surface area contributed by atoms with Crippen LogP contribution >= 0.6 is 0 Å². The standard InChI is InChI=1S/C54H103NO5/c1-4-7-10-13-16-19-22-25-26-27-29-32-35-38-41-44-47-54(59)60-50(45-42-39-36-33-30-24-21-18-15-12-9-6-3)48-53(58)55-51(49-56)52(57)46-43-40-37-34-31-28-23-20-17-14-11-8-5-2/h26-27,29,32,50-52,56-57H,4-25,28,30-31,33-49H2,1-3H3,(H,55,58)/b27-26+,32-29+. The van der Waals surface area contributed by atoms with Crippen molar-refractivity contribution in [3.05, 3.63) is 24.3 Å². The predicted molar refractivity (Wildman–Crippen MR) is 260 cm³/mol. The molecular formula is C54H103NO5. The van der Waals surface area contributed by atoms with Gasteiger partial charge in [-0.2, -0.15) is 0 Å². The lowest BCUT2D eigenvalue weighted by atomic mass is 10.0. The second-order valence-corrected chi connectivity index (χ2v) is 18.3. The monoisotopic (exact) mass is 846 g/mol. The van der Waals surface area contributed by atoms with Gasteiger partial charge in [-0.1, -0.05) is 244 Å². The van der Waals surface area contributed by atoms with Crippen molar-refractivity contribution in [3.63, 3.8) is 0 Å². The van der Waals surface area contributed by atoms with Crippen LogP contribution in [-0.2, 0) is 14.3 Å². The van der Waals surface area contributed by atoms with Crippen LogP contribution in [0.25, 0.3) is 0 Å². The summed E-state index contributed by atoms with van der Waals surface area (Å²) in [7, 11) is 0. The van der Waals surface area contributed by atoms with Crippen LogP contribution in [0.2, 0.25) is 0 Å². The molecule has 0 fully saturated rings. The van der Waals surface area contributed by atoms with Gasteiger partial charge in [0, 0.05) is 6.42 Å². The largest absolute Gasteiger partial charge is 0.462 e. The number of allylic oxidation sites excluding steroid dienone is 4. The first-order valence-corrected chi connectivity index (χ1v) is 26.6. The number of rotatable bonds is 48. The van der Waals surface area contributed by atoms with E-state index in [0.29, 0.717) is 19.3 Å². The summed E-state index contributed by atoms with van der Waals surface area (Å²) in [4.78, 5) is 26.1. The smallest absolute Gasteiger partial charge is 0.306 e. The first-order valence-electron chi connectivity index (χ1n) is 26.6. The molecule has 6 nitrogen and oxygen atoms in total. The van der Waals surface area contributed by atoms with Crippen molar-refractivity contribution in [2.75, 3.05) is 6.61 Å². The summed E-state index contributed by atoms with van der Waals surface area (Å²) in [5, 5.41) is 23.8. The van der Waals surface area contributed by atoms with Crippen molar-refractivity contribution in [2.24, 2.45) is 0 Å². The molecule has 0 aliphatic heterocycles. The number of unbranched alkanes of at least 4 members (excludes halogenated alkanes) is 33. The summed E-state index contributed by atoms with van der Waals surface area (Å²) >= 11 is 0. The van der Waals surface area contributed by atoms with Crippen LogP contribution in [-0.4, -0.2) is 46.9 Å². The van der Waals surface area contributed by atoms with Crippen molar-refractivity contribution in [1.29, 1.82) is 0 Å². The van der Waals surface area contributed by atoms with E-state index in [1.807, 2.05) is 0 Å². The Morgan fingerprint density at radius 1 is 0.483 bits per heavy atom. The van der Waals surface area contributed by atoms with E-state index in [9.17, 15) is 19.8 Å². The van der Waals surface area contributed by atoms with Crippen LogP contribution in [0.5, 0.6) is 0 Å². The number of carbonyl (C=O) groups excluding carboxylic acids is 2. The molecule has 0 saturated carbocycles. The van der Waals surface area contributed by atoms with E-state index < -0.39 is 18.2 Å². The zero-order valence-corrected chi connectivity index (χ0v) is 40.4. The molecule has 0 bridgehead atoms. The molecule has 0 radical (unpaired) electrons. The highest BCUT2D eigenvalue weighted by Gasteiger charge is 2.24. The number of carbonyl (C=O) groups is 2. The van der Waals surface area contributed by atoms with Crippen molar-refractivity contribution >= 4 is 11.9 Å². The van der Waals surface area contributed by atoms with Crippen LogP contribution in [0.4, 0.5) is 0 Å². The fourth-order valence-electron chi connectivity index (χ4n) is 8.25. The molecule has 354 valence electrons. The fraction of sp³-hybridized carbons (Fsp3) is 0.889. The van der Waals surface area contributed by atoms with Crippen molar-refractivity contribution in [3.8, 4) is 0 Å².